The standard InChI is InChI=1S/C28H43N3O4/c1-27(2,28(3,4)26(34)31-18-16-25(31)33)22-12-14-23(15-13-22)30-20-35-19-24(32)29-17-8-7-11-21-9-5-6-10-21/h12-15,21,30H,5-11,16-20H2,1-4H3,(H,29,32). The van der Waals surface area contributed by atoms with Crippen molar-refractivity contribution in [3.8, 4) is 0 Å². The molecule has 0 spiro atoms. The van der Waals surface area contributed by atoms with E-state index in [0.29, 0.717) is 19.5 Å². The van der Waals surface area contributed by atoms with Crippen molar-refractivity contribution < 1.29 is 19.1 Å². The van der Waals surface area contributed by atoms with Crippen LogP contribution in [0.1, 0.15) is 84.6 Å². The molecule has 1 saturated carbocycles. The van der Waals surface area contributed by atoms with Crippen LogP contribution in [0.5, 0.6) is 0 Å². The minimum absolute atomic E-state index is 0.0340. The van der Waals surface area contributed by atoms with Gasteiger partial charge in [0.2, 0.25) is 17.7 Å². The fourth-order valence-corrected chi connectivity index (χ4v) is 4.91. The quantitative estimate of drug-likeness (QED) is 0.242. The summed E-state index contributed by atoms with van der Waals surface area (Å²) < 4.78 is 5.47. The Hall–Kier alpha value is -2.41. The van der Waals surface area contributed by atoms with Gasteiger partial charge in [-0.3, -0.25) is 19.3 Å². The zero-order valence-electron chi connectivity index (χ0n) is 22.0. The molecule has 0 atom stereocenters. The monoisotopic (exact) mass is 485 g/mol. The molecule has 7 heteroatoms. The van der Waals surface area contributed by atoms with Crippen LogP contribution in [-0.4, -0.2) is 49.0 Å². The van der Waals surface area contributed by atoms with Crippen LogP contribution in [0.2, 0.25) is 0 Å². The van der Waals surface area contributed by atoms with Crippen molar-refractivity contribution in [3.63, 3.8) is 0 Å². The molecular weight excluding hydrogens is 442 g/mol. The highest BCUT2D eigenvalue weighted by Gasteiger charge is 2.48. The molecule has 3 rings (SSSR count). The first kappa shape index (κ1) is 27.2. The predicted octanol–water partition coefficient (Wildman–Crippen LogP) is 4.61. The van der Waals surface area contributed by atoms with Gasteiger partial charge in [-0.1, -0.05) is 78.4 Å². The van der Waals surface area contributed by atoms with Crippen LogP contribution in [0.25, 0.3) is 0 Å². The van der Waals surface area contributed by atoms with Gasteiger partial charge in [0.15, 0.2) is 0 Å². The summed E-state index contributed by atoms with van der Waals surface area (Å²) in [7, 11) is 0. The first-order valence-electron chi connectivity index (χ1n) is 13.2. The van der Waals surface area contributed by atoms with Gasteiger partial charge in [-0.15, -0.1) is 0 Å². The Morgan fingerprint density at radius 2 is 1.74 bits per heavy atom. The number of carbonyl (C=O) groups excluding carboxylic acids is 3. The van der Waals surface area contributed by atoms with Gasteiger partial charge in [0.25, 0.3) is 0 Å². The lowest BCUT2D eigenvalue weighted by Crippen LogP contribution is -2.57. The number of amides is 3. The highest BCUT2D eigenvalue weighted by molar-refractivity contribution is 6.02. The fraction of sp³-hybridized carbons (Fsp3) is 0.679. The van der Waals surface area contributed by atoms with E-state index in [4.69, 9.17) is 4.74 Å². The summed E-state index contributed by atoms with van der Waals surface area (Å²) in [5, 5.41) is 6.10. The highest BCUT2D eigenvalue weighted by Crippen LogP contribution is 2.43. The second-order valence-electron chi connectivity index (χ2n) is 11.1. The number of imide groups is 1. The van der Waals surface area contributed by atoms with Crippen LogP contribution < -0.4 is 10.6 Å². The Bertz CT molecular complexity index is 873. The van der Waals surface area contributed by atoms with Gasteiger partial charge in [-0.2, -0.15) is 0 Å². The number of nitrogens with one attached hydrogen (secondary N) is 2. The lowest BCUT2D eigenvalue weighted by atomic mass is 9.63. The van der Waals surface area contributed by atoms with Crippen molar-refractivity contribution in [3.05, 3.63) is 29.8 Å². The molecule has 1 aromatic carbocycles. The van der Waals surface area contributed by atoms with Crippen molar-refractivity contribution in [2.45, 2.75) is 84.5 Å². The van der Waals surface area contributed by atoms with Crippen molar-refractivity contribution in [1.82, 2.24) is 10.2 Å². The number of rotatable bonds is 13. The number of ether oxygens (including phenoxy) is 1. The van der Waals surface area contributed by atoms with Gasteiger partial charge in [0.1, 0.15) is 13.3 Å². The van der Waals surface area contributed by atoms with E-state index in [1.54, 1.807) is 0 Å². The van der Waals surface area contributed by atoms with E-state index >= 15 is 0 Å². The van der Waals surface area contributed by atoms with Gasteiger partial charge in [0.05, 0.1) is 5.41 Å². The Balaban J connectivity index is 1.35. The van der Waals surface area contributed by atoms with E-state index in [9.17, 15) is 14.4 Å². The molecule has 0 bridgehead atoms. The molecule has 0 unspecified atom stereocenters. The smallest absolute Gasteiger partial charge is 0.246 e. The number of hydrogen-bond donors (Lipinski definition) is 2. The molecule has 1 aromatic rings. The maximum absolute atomic E-state index is 13.0. The molecule has 194 valence electrons. The lowest BCUT2D eigenvalue weighted by Gasteiger charge is -2.45. The third-order valence-corrected chi connectivity index (χ3v) is 8.25. The topological polar surface area (TPSA) is 87.7 Å². The maximum atomic E-state index is 13.0. The van der Waals surface area contributed by atoms with E-state index in [1.807, 2.05) is 52.0 Å². The van der Waals surface area contributed by atoms with Gasteiger partial charge in [-0.05, 0) is 30.0 Å². The number of carbonyl (C=O) groups is 3. The van der Waals surface area contributed by atoms with Crippen LogP contribution in [0.4, 0.5) is 5.69 Å². The van der Waals surface area contributed by atoms with Crippen LogP contribution in [-0.2, 0) is 24.5 Å². The van der Waals surface area contributed by atoms with E-state index in [-0.39, 0.29) is 31.1 Å². The molecule has 0 radical (unpaired) electrons. The Morgan fingerprint density at radius 1 is 1.06 bits per heavy atom. The summed E-state index contributed by atoms with van der Waals surface area (Å²) in [5.41, 5.74) is 0.691. The second kappa shape index (κ2) is 12.0. The van der Waals surface area contributed by atoms with E-state index in [0.717, 1.165) is 23.6 Å². The average Bonchev–Trinajstić information content (AvgIpc) is 3.34. The minimum atomic E-state index is -0.731. The molecule has 35 heavy (non-hydrogen) atoms. The maximum Gasteiger partial charge on any atom is 0.246 e. The molecule has 7 nitrogen and oxygen atoms in total. The van der Waals surface area contributed by atoms with Crippen LogP contribution in [0.3, 0.4) is 0 Å². The summed E-state index contributed by atoms with van der Waals surface area (Å²) in [6.45, 7) is 9.37. The Kier molecular flexibility index (Phi) is 9.34. The molecule has 1 aliphatic heterocycles. The molecule has 3 amide bonds. The van der Waals surface area contributed by atoms with Gasteiger partial charge < -0.3 is 15.4 Å². The predicted molar refractivity (Wildman–Crippen MR) is 138 cm³/mol. The van der Waals surface area contributed by atoms with E-state index < -0.39 is 10.8 Å². The Morgan fingerprint density at radius 3 is 2.34 bits per heavy atom. The molecule has 1 aliphatic carbocycles. The molecular formula is C28H43N3O4. The summed E-state index contributed by atoms with van der Waals surface area (Å²) in [6, 6.07) is 7.88. The number of hydrogen-bond acceptors (Lipinski definition) is 5. The summed E-state index contributed by atoms with van der Waals surface area (Å²) >= 11 is 0. The molecule has 0 aromatic heterocycles. The van der Waals surface area contributed by atoms with Gasteiger partial charge in [0, 0.05) is 30.6 Å². The van der Waals surface area contributed by atoms with Crippen molar-refractivity contribution in [2.24, 2.45) is 11.3 Å². The van der Waals surface area contributed by atoms with Crippen molar-refractivity contribution in [2.75, 3.05) is 31.7 Å². The largest absolute Gasteiger partial charge is 0.363 e. The second-order valence-corrected chi connectivity index (χ2v) is 11.1. The number of unbranched alkanes of at least 4 members (excludes halogenated alkanes) is 1. The number of anilines is 1. The zero-order valence-corrected chi connectivity index (χ0v) is 22.0. The molecule has 2 N–H and O–H groups in total. The summed E-state index contributed by atoms with van der Waals surface area (Å²) in [6.07, 6.45) is 9.48. The third-order valence-electron chi connectivity index (χ3n) is 8.25. The van der Waals surface area contributed by atoms with E-state index in [1.165, 1.54) is 43.4 Å². The number of nitrogens with zero attached hydrogens (tertiary/aromatic N) is 1. The first-order chi connectivity index (χ1) is 16.6. The van der Waals surface area contributed by atoms with Gasteiger partial charge in [-0.25, -0.2) is 0 Å². The average molecular weight is 486 g/mol. The Labute approximate surface area is 210 Å². The number of benzene rings is 1. The summed E-state index contributed by atoms with van der Waals surface area (Å²) in [5.74, 6) is 0.607. The molecule has 1 saturated heterocycles. The highest BCUT2D eigenvalue weighted by atomic mass is 16.5. The van der Waals surface area contributed by atoms with Crippen LogP contribution in [0.15, 0.2) is 24.3 Å². The third kappa shape index (κ3) is 6.84. The first-order valence-corrected chi connectivity index (χ1v) is 13.2. The SMILES string of the molecule is CC(C)(C(=O)N1CCC1=O)C(C)(C)c1ccc(NCOCC(=O)NCCCCC2CCCC2)cc1. The number of β-lactam (4-membered cyclic amide) rings is 1. The number of likely N-dealkylation sites (tertiary alicyclic amines) is 1. The van der Waals surface area contributed by atoms with Gasteiger partial charge >= 0.3 is 0 Å². The van der Waals surface area contributed by atoms with Crippen LogP contribution >= 0.6 is 0 Å². The minimum Gasteiger partial charge on any atom is -0.363 e. The zero-order chi connectivity index (χ0) is 25.5. The lowest BCUT2D eigenvalue weighted by molar-refractivity contribution is -0.160. The van der Waals surface area contributed by atoms with E-state index in [2.05, 4.69) is 10.6 Å². The van der Waals surface area contributed by atoms with Crippen molar-refractivity contribution in [1.29, 1.82) is 0 Å². The molecule has 1 heterocycles. The summed E-state index contributed by atoms with van der Waals surface area (Å²) in [4.78, 5) is 38.1. The normalized spacial score (nSPS) is 16.8. The van der Waals surface area contributed by atoms with Crippen molar-refractivity contribution >= 4 is 23.4 Å². The molecule has 2 fully saturated rings. The molecule has 2 aliphatic rings. The fourth-order valence-electron chi connectivity index (χ4n) is 4.91. The van der Waals surface area contributed by atoms with Crippen LogP contribution in [0, 0.1) is 11.3 Å².